The summed E-state index contributed by atoms with van der Waals surface area (Å²) in [6.07, 6.45) is 0. The molecule has 0 aromatic heterocycles. The van der Waals surface area contributed by atoms with E-state index in [1.165, 1.54) is 0 Å². The number of ether oxygens (including phenoxy) is 1. The predicted octanol–water partition coefficient (Wildman–Crippen LogP) is 0.325. The van der Waals surface area contributed by atoms with E-state index in [1.54, 1.807) is 0 Å². The molecule has 6 heteroatoms. The number of nitrogens with two attached hydrogens (primary N) is 1. The van der Waals surface area contributed by atoms with Crippen LogP contribution in [0.5, 0.6) is 5.75 Å². The lowest BCUT2D eigenvalue weighted by atomic mass is 9.78. The van der Waals surface area contributed by atoms with E-state index in [0.29, 0.717) is 25.5 Å². The molecule has 0 bridgehead atoms. The van der Waals surface area contributed by atoms with Gasteiger partial charge in [0, 0.05) is 17.2 Å². The van der Waals surface area contributed by atoms with Crippen LogP contribution in [0.2, 0.25) is 0 Å². The number of nitrogen functional groups attached to an aromatic ring is 1. The van der Waals surface area contributed by atoms with Crippen LogP contribution in [0.25, 0.3) is 0 Å². The quantitative estimate of drug-likeness (QED) is 0.512. The molecule has 15 heavy (non-hydrogen) atoms. The highest BCUT2D eigenvalue weighted by Crippen LogP contribution is 2.24. The molecule has 2 N–H and O–H groups in total. The summed E-state index contributed by atoms with van der Waals surface area (Å²) in [6, 6.07) is 3.74. The van der Waals surface area contributed by atoms with Crippen molar-refractivity contribution < 1.29 is 14.0 Å². The van der Waals surface area contributed by atoms with E-state index in [4.69, 9.17) is 19.8 Å². The van der Waals surface area contributed by atoms with Gasteiger partial charge in [-0.05, 0) is 11.6 Å². The van der Waals surface area contributed by atoms with E-state index in [9.17, 15) is 0 Å². The average Bonchev–Trinajstić information content (AvgIpc) is 2.43. The van der Waals surface area contributed by atoms with Crippen LogP contribution in [0.1, 0.15) is 5.56 Å². The molecule has 0 atom stereocenters. The Labute approximate surface area is 94.2 Å². The number of rotatable bonds is 0. The van der Waals surface area contributed by atoms with Gasteiger partial charge in [-0.2, -0.15) is 0 Å². The molecular formula is C9H11BClNO3. The van der Waals surface area contributed by atoms with Gasteiger partial charge in [0.1, 0.15) is 12.4 Å². The van der Waals surface area contributed by atoms with Gasteiger partial charge < -0.3 is 19.8 Å². The molecule has 2 aliphatic rings. The number of halogens is 1. The van der Waals surface area contributed by atoms with Crippen molar-refractivity contribution in [3.8, 4) is 5.75 Å². The highest BCUT2D eigenvalue weighted by atomic mass is 35.5. The first-order chi connectivity index (χ1) is 6.84. The lowest BCUT2D eigenvalue weighted by molar-refractivity contribution is 0.180. The zero-order valence-electron chi connectivity index (χ0n) is 8.06. The van der Waals surface area contributed by atoms with Gasteiger partial charge >= 0.3 is 7.12 Å². The van der Waals surface area contributed by atoms with Crippen molar-refractivity contribution in [1.29, 1.82) is 0 Å². The molecule has 80 valence electrons. The standard InChI is InChI=1S/C9H10BNO3.ClH/c11-7-3-6-5-14-10-9(6)8(4-7)12-1-2-13-10;/h3-4H,1-2,5,11H2;1H. The average molecular weight is 227 g/mol. The van der Waals surface area contributed by atoms with Crippen molar-refractivity contribution in [1.82, 2.24) is 0 Å². The fourth-order valence-electron chi connectivity index (χ4n) is 1.90. The smallest absolute Gasteiger partial charge is 0.492 e. The van der Waals surface area contributed by atoms with Crippen LogP contribution < -0.4 is 15.9 Å². The van der Waals surface area contributed by atoms with Gasteiger partial charge in [0.2, 0.25) is 0 Å². The maximum atomic E-state index is 5.75. The van der Waals surface area contributed by atoms with Gasteiger partial charge in [-0.15, -0.1) is 12.4 Å². The van der Waals surface area contributed by atoms with Crippen LogP contribution in [0, 0.1) is 0 Å². The van der Waals surface area contributed by atoms with E-state index in [0.717, 1.165) is 16.8 Å². The largest absolute Gasteiger partial charge is 0.498 e. The van der Waals surface area contributed by atoms with Gasteiger partial charge in [-0.3, -0.25) is 0 Å². The molecule has 2 aliphatic heterocycles. The maximum Gasteiger partial charge on any atom is 0.498 e. The monoisotopic (exact) mass is 227 g/mol. The molecule has 1 aromatic carbocycles. The third-order valence-electron chi connectivity index (χ3n) is 2.49. The topological polar surface area (TPSA) is 53.7 Å². The number of benzene rings is 1. The van der Waals surface area contributed by atoms with E-state index in [1.807, 2.05) is 12.1 Å². The molecule has 1 aromatic rings. The lowest BCUT2D eigenvalue weighted by Crippen LogP contribution is -2.31. The lowest BCUT2D eigenvalue weighted by Gasteiger charge is -2.07. The highest BCUT2D eigenvalue weighted by molar-refractivity contribution is 6.64. The zero-order chi connectivity index (χ0) is 9.54. The minimum atomic E-state index is -0.261. The summed E-state index contributed by atoms with van der Waals surface area (Å²) in [7, 11) is -0.261. The highest BCUT2D eigenvalue weighted by Gasteiger charge is 2.36. The second-order valence-electron chi connectivity index (χ2n) is 3.45. The van der Waals surface area contributed by atoms with E-state index in [2.05, 4.69) is 0 Å². The van der Waals surface area contributed by atoms with Crippen LogP contribution in [-0.2, 0) is 15.9 Å². The summed E-state index contributed by atoms with van der Waals surface area (Å²) in [6.45, 7) is 1.66. The van der Waals surface area contributed by atoms with Gasteiger partial charge in [0.25, 0.3) is 0 Å². The van der Waals surface area contributed by atoms with Crippen LogP contribution in [0.15, 0.2) is 12.1 Å². The number of hydrogen-bond acceptors (Lipinski definition) is 4. The third kappa shape index (κ3) is 1.67. The first-order valence-corrected chi connectivity index (χ1v) is 4.63. The number of anilines is 1. The summed E-state index contributed by atoms with van der Waals surface area (Å²) in [4.78, 5) is 0. The molecule has 0 saturated carbocycles. The molecule has 0 amide bonds. The SMILES string of the molecule is Cl.Nc1cc2c3c(c1)OCCOB3OC2. The molecule has 4 nitrogen and oxygen atoms in total. The van der Waals surface area contributed by atoms with Crippen LogP contribution in [-0.4, -0.2) is 20.3 Å². The Morgan fingerprint density at radius 3 is 2.93 bits per heavy atom. The Morgan fingerprint density at radius 1 is 1.20 bits per heavy atom. The Morgan fingerprint density at radius 2 is 2.07 bits per heavy atom. The van der Waals surface area contributed by atoms with Crippen molar-refractivity contribution in [2.24, 2.45) is 0 Å². The van der Waals surface area contributed by atoms with Crippen LogP contribution in [0.3, 0.4) is 0 Å². The Bertz CT molecular complexity index is 388. The van der Waals surface area contributed by atoms with Crippen molar-refractivity contribution in [2.75, 3.05) is 18.9 Å². The van der Waals surface area contributed by atoms with Gasteiger partial charge in [0.15, 0.2) is 0 Å². The molecule has 0 aliphatic carbocycles. The summed E-state index contributed by atoms with van der Waals surface area (Å²) in [5.41, 5.74) is 8.55. The molecule has 0 fully saturated rings. The summed E-state index contributed by atoms with van der Waals surface area (Å²) in [5.74, 6) is 0.806. The second kappa shape index (κ2) is 3.92. The fourth-order valence-corrected chi connectivity index (χ4v) is 1.90. The first kappa shape index (κ1) is 10.6. The van der Waals surface area contributed by atoms with Crippen molar-refractivity contribution in [3.63, 3.8) is 0 Å². The maximum absolute atomic E-state index is 5.75. The second-order valence-corrected chi connectivity index (χ2v) is 3.45. The first-order valence-electron chi connectivity index (χ1n) is 4.63. The van der Waals surface area contributed by atoms with Crippen LogP contribution in [0.4, 0.5) is 5.69 Å². The Balaban J connectivity index is 0.000000853. The summed E-state index contributed by atoms with van der Waals surface area (Å²) < 4.78 is 16.5. The van der Waals surface area contributed by atoms with Crippen LogP contribution >= 0.6 is 12.4 Å². The van der Waals surface area contributed by atoms with E-state index in [-0.39, 0.29) is 19.5 Å². The minimum Gasteiger partial charge on any atom is -0.492 e. The molecule has 0 saturated heterocycles. The molecule has 2 heterocycles. The van der Waals surface area contributed by atoms with Gasteiger partial charge in [-0.1, -0.05) is 0 Å². The van der Waals surface area contributed by atoms with Gasteiger partial charge in [0.05, 0.1) is 13.2 Å². The fraction of sp³-hybridized carbons (Fsp3) is 0.333. The number of hydrogen-bond donors (Lipinski definition) is 1. The Kier molecular flexibility index (Phi) is 2.77. The van der Waals surface area contributed by atoms with Gasteiger partial charge in [-0.25, -0.2) is 0 Å². The Hall–Kier alpha value is -0.905. The summed E-state index contributed by atoms with van der Waals surface area (Å²) in [5, 5.41) is 0. The normalized spacial score (nSPS) is 17.5. The minimum absolute atomic E-state index is 0. The zero-order valence-corrected chi connectivity index (χ0v) is 8.88. The molecular weight excluding hydrogens is 216 g/mol. The van der Waals surface area contributed by atoms with E-state index < -0.39 is 0 Å². The van der Waals surface area contributed by atoms with E-state index >= 15 is 0 Å². The van der Waals surface area contributed by atoms with Crippen molar-refractivity contribution in [2.45, 2.75) is 6.61 Å². The molecule has 0 unspecified atom stereocenters. The summed E-state index contributed by atoms with van der Waals surface area (Å²) >= 11 is 0. The molecule has 3 rings (SSSR count). The molecule has 0 spiro atoms. The third-order valence-corrected chi connectivity index (χ3v) is 2.49. The molecule has 0 radical (unpaired) electrons. The van der Waals surface area contributed by atoms with Crippen molar-refractivity contribution in [3.05, 3.63) is 17.7 Å². The van der Waals surface area contributed by atoms with Crippen molar-refractivity contribution >= 4 is 30.7 Å². The predicted molar refractivity (Wildman–Crippen MR) is 59.7 cm³/mol.